The number of furan rings is 1. The van der Waals surface area contributed by atoms with E-state index in [1.807, 2.05) is 50.2 Å². The molecule has 1 aliphatic heterocycles. The molecule has 0 saturated carbocycles. The summed E-state index contributed by atoms with van der Waals surface area (Å²) >= 11 is 0. The zero-order valence-electron chi connectivity index (χ0n) is 20.0. The second kappa shape index (κ2) is 12.5. The fourth-order valence-electron chi connectivity index (χ4n) is 3.70. The third kappa shape index (κ3) is 8.55. The van der Waals surface area contributed by atoms with Gasteiger partial charge in [-0.1, -0.05) is 6.92 Å². The van der Waals surface area contributed by atoms with Crippen LogP contribution in [0.15, 0.2) is 52.1 Å². The summed E-state index contributed by atoms with van der Waals surface area (Å²) in [4.78, 5) is 9.82. The number of ether oxygens (including phenoxy) is 1. The lowest BCUT2D eigenvalue weighted by molar-refractivity contribution is 0.140. The first-order valence-electron chi connectivity index (χ1n) is 11.7. The van der Waals surface area contributed by atoms with Crippen molar-refractivity contribution in [3.05, 3.63) is 48.4 Å². The van der Waals surface area contributed by atoms with Gasteiger partial charge in [-0.2, -0.15) is 0 Å². The van der Waals surface area contributed by atoms with Crippen LogP contribution in [-0.2, 0) is 6.42 Å². The molecule has 0 radical (unpaired) electrons. The van der Waals surface area contributed by atoms with E-state index in [0.29, 0.717) is 5.92 Å². The smallest absolute Gasteiger partial charge is 0.195 e. The number of piperazine rings is 1. The SMILES string of the molecule is CC(CN=C(NCCc1ccco1)Nc1ccc(OC(C)C)cc1)CN1CCN(C)CC1. The second-order valence-corrected chi connectivity index (χ2v) is 8.97. The lowest BCUT2D eigenvalue weighted by Crippen LogP contribution is -2.46. The van der Waals surface area contributed by atoms with E-state index in [9.17, 15) is 0 Å². The van der Waals surface area contributed by atoms with Crippen molar-refractivity contribution < 1.29 is 9.15 Å². The van der Waals surface area contributed by atoms with Crippen molar-refractivity contribution in [2.75, 3.05) is 58.2 Å². The van der Waals surface area contributed by atoms with Crippen LogP contribution in [0.25, 0.3) is 0 Å². The van der Waals surface area contributed by atoms with Gasteiger partial charge in [-0.05, 0) is 63.2 Å². The number of benzene rings is 1. The lowest BCUT2D eigenvalue weighted by Gasteiger charge is -2.33. The van der Waals surface area contributed by atoms with Crippen LogP contribution in [-0.4, -0.2) is 74.7 Å². The molecule has 0 aliphatic carbocycles. The number of guanidine groups is 1. The predicted molar refractivity (Wildman–Crippen MR) is 132 cm³/mol. The van der Waals surface area contributed by atoms with E-state index in [1.54, 1.807) is 6.26 Å². The Balaban J connectivity index is 1.56. The second-order valence-electron chi connectivity index (χ2n) is 8.97. The average Bonchev–Trinajstić information content (AvgIpc) is 3.28. The van der Waals surface area contributed by atoms with Crippen molar-refractivity contribution in [1.29, 1.82) is 0 Å². The zero-order valence-corrected chi connectivity index (χ0v) is 20.0. The van der Waals surface area contributed by atoms with Gasteiger partial charge in [-0.25, -0.2) is 0 Å². The minimum atomic E-state index is 0.163. The average molecular weight is 442 g/mol. The van der Waals surface area contributed by atoms with Crippen LogP contribution < -0.4 is 15.4 Å². The van der Waals surface area contributed by atoms with E-state index in [1.165, 1.54) is 0 Å². The third-order valence-corrected chi connectivity index (χ3v) is 5.46. The number of hydrogen-bond donors (Lipinski definition) is 2. The molecule has 32 heavy (non-hydrogen) atoms. The highest BCUT2D eigenvalue weighted by molar-refractivity contribution is 5.93. The molecule has 1 aromatic carbocycles. The van der Waals surface area contributed by atoms with Crippen molar-refractivity contribution in [1.82, 2.24) is 15.1 Å². The van der Waals surface area contributed by atoms with Crippen molar-refractivity contribution in [2.45, 2.75) is 33.3 Å². The van der Waals surface area contributed by atoms with Gasteiger partial charge in [0, 0.05) is 57.9 Å². The Labute approximate surface area is 192 Å². The summed E-state index contributed by atoms with van der Waals surface area (Å²) in [6, 6.07) is 11.9. The maximum Gasteiger partial charge on any atom is 0.195 e. The van der Waals surface area contributed by atoms with E-state index in [2.05, 4.69) is 34.4 Å². The Morgan fingerprint density at radius 3 is 2.50 bits per heavy atom. The topological polar surface area (TPSA) is 65.3 Å². The summed E-state index contributed by atoms with van der Waals surface area (Å²) < 4.78 is 11.2. The molecule has 7 nitrogen and oxygen atoms in total. The number of rotatable bonds is 10. The zero-order chi connectivity index (χ0) is 22.8. The van der Waals surface area contributed by atoms with Gasteiger partial charge in [-0.15, -0.1) is 0 Å². The fraction of sp³-hybridized carbons (Fsp3) is 0.560. The number of nitrogens with one attached hydrogen (secondary N) is 2. The van der Waals surface area contributed by atoms with Gasteiger partial charge >= 0.3 is 0 Å². The van der Waals surface area contributed by atoms with Crippen LogP contribution in [0.3, 0.4) is 0 Å². The molecule has 1 saturated heterocycles. The minimum absolute atomic E-state index is 0.163. The molecule has 0 spiro atoms. The molecule has 1 fully saturated rings. The standard InChI is InChI=1S/C25H39N5O2/c1-20(2)32-24-9-7-22(8-10-24)28-25(26-12-11-23-6-5-17-31-23)27-18-21(3)19-30-15-13-29(4)14-16-30/h5-10,17,20-21H,11-16,18-19H2,1-4H3,(H2,26,27,28). The molecular formula is C25H39N5O2. The van der Waals surface area contributed by atoms with Crippen molar-refractivity contribution in [3.8, 4) is 5.75 Å². The Hall–Kier alpha value is -2.51. The highest BCUT2D eigenvalue weighted by Crippen LogP contribution is 2.17. The molecule has 0 bridgehead atoms. The largest absolute Gasteiger partial charge is 0.491 e. The van der Waals surface area contributed by atoms with Crippen LogP contribution in [0.4, 0.5) is 5.69 Å². The van der Waals surface area contributed by atoms with E-state index >= 15 is 0 Å². The number of hydrogen-bond acceptors (Lipinski definition) is 5. The molecule has 176 valence electrons. The van der Waals surface area contributed by atoms with Gasteiger partial charge < -0.3 is 29.6 Å². The Kier molecular flexibility index (Phi) is 9.43. The molecule has 3 rings (SSSR count). The van der Waals surface area contributed by atoms with Gasteiger partial charge in [0.25, 0.3) is 0 Å². The van der Waals surface area contributed by atoms with E-state index in [0.717, 1.165) is 75.4 Å². The van der Waals surface area contributed by atoms with Crippen molar-refractivity contribution in [2.24, 2.45) is 10.9 Å². The highest BCUT2D eigenvalue weighted by Gasteiger charge is 2.16. The van der Waals surface area contributed by atoms with Crippen LogP contribution >= 0.6 is 0 Å². The molecule has 1 unspecified atom stereocenters. The molecule has 1 atom stereocenters. The van der Waals surface area contributed by atoms with Gasteiger partial charge in [0.2, 0.25) is 0 Å². The number of likely N-dealkylation sites (N-methyl/N-ethyl adjacent to an activating group) is 1. The van der Waals surface area contributed by atoms with Gasteiger partial charge in [-0.3, -0.25) is 4.99 Å². The van der Waals surface area contributed by atoms with E-state index in [4.69, 9.17) is 14.1 Å². The lowest BCUT2D eigenvalue weighted by atomic mass is 10.1. The van der Waals surface area contributed by atoms with E-state index in [-0.39, 0.29) is 6.10 Å². The van der Waals surface area contributed by atoms with Crippen LogP contribution in [0.2, 0.25) is 0 Å². The number of nitrogens with zero attached hydrogens (tertiary/aromatic N) is 3. The monoisotopic (exact) mass is 441 g/mol. The Morgan fingerprint density at radius 2 is 1.84 bits per heavy atom. The van der Waals surface area contributed by atoms with Crippen molar-refractivity contribution in [3.63, 3.8) is 0 Å². The highest BCUT2D eigenvalue weighted by atomic mass is 16.5. The maximum atomic E-state index is 5.75. The molecule has 1 aliphatic rings. The van der Waals surface area contributed by atoms with Gasteiger partial charge in [0.05, 0.1) is 12.4 Å². The normalized spacial score (nSPS) is 16.8. The summed E-state index contributed by atoms with van der Waals surface area (Å²) in [5, 5.41) is 6.88. The molecule has 2 heterocycles. The van der Waals surface area contributed by atoms with Crippen LogP contribution in [0, 0.1) is 5.92 Å². The molecule has 7 heteroatoms. The molecule has 1 aromatic heterocycles. The van der Waals surface area contributed by atoms with Crippen LogP contribution in [0.5, 0.6) is 5.75 Å². The first-order valence-corrected chi connectivity index (χ1v) is 11.7. The first-order chi connectivity index (χ1) is 15.5. The Bertz CT molecular complexity index is 796. The minimum Gasteiger partial charge on any atom is -0.491 e. The number of anilines is 1. The third-order valence-electron chi connectivity index (χ3n) is 5.46. The Morgan fingerprint density at radius 1 is 1.09 bits per heavy atom. The quantitative estimate of drug-likeness (QED) is 0.434. The first kappa shape index (κ1) is 24.1. The van der Waals surface area contributed by atoms with Gasteiger partial charge in [0.1, 0.15) is 11.5 Å². The molecule has 2 aromatic rings. The molecule has 2 N–H and O–H groups in total. The molecular weight excluding hydrogens is 402 g/mol. The summed E-state index contributed by atoms with van der Waals surface area (Å²) in [5.41, 5.74) is 0.983. The van der Waals surface area contributed by atoms with Gasteiger partial charge in [0.15, 0.2) is 5.96 Å². The summed E-state index contributed by atoms with van der Waals surface area (Å²) in [6.45, 7) is 13.5. The van der Waals surface area contributed by atoms with Crippen LogP contribution in [0.1, 0.15) is 26.5 Å². The number of aliphatic imine (C=N–C) groups is 1. The summed E-state index contributed by atoms with van der Waals surface area (Å²) in [5.74, 6) is 3.12. The fourth-order valence-corrected chi connectivity index (χ4v) is 3.70. The predicted octanol–water partition coefficient (Wildman–Crippen LogP) is 3.55. The maximum absolute atomic E-state index is 5.75. The van der Waals surface area contributed by atoms with Crippen molar-refractivity contribution >= 4 is 11.6 Å². The van der Waals surface area contributed by atoms with E-state index < -0.39 is 0 Å². The molecule has 0 amide bonds. The summed E-state index contributed by atoms with van der Waals surface area (Å²) in [6.07, 6.45) is 2.69. The summed E-state index contributed by atoms with van der Waals surface area (Å²) in [7, 11) is 2.19.